The number of carbonyl (C=O) groups is 1. The van der Waals surface area contributed by atoms with Crippen LogP contribution in [-0.2, 0) is 4.79 Å². The summed E-state index contributed by atoms with van der Waals surface area (Å²) in [6, 6.07) is 0. The predicted octanol–water partition coefficient (Wildman–Crippen LogP) is 1.93. The summed E-state index contributed by atoms with van der Waals surface area (Å²) in [6.07, 6.45) is 8.60. The summed E-state index contributed by atoms with van der Waals surface area (Å²) in [6.45, 7) is 0. The lowest BCUT2D eigenvalue weighted by molar-refractivity contribution is -0.125. The summed E-state index contributed by atoms with van der Waals surface area (Å²) in [5, 5.41) is 0. The molecule has 2 atom stereocenters. The first-order valence-corrected chi connectivity index (χ1v) is 4.07. The fourth-order valence-electron chi connectivity index (χ4n) is 2.07. The van der Waals surface area contributed by atoms with E-state index in [1.165, 1.54) is 6.42 Å². The summed E-state index contributed by atoms with van der Waals surface area (Å²) in [7, 11) is 0. The van der Waals surface area contributed by atoms with E-state index in [0.29, 0.717) is 17.6 Å². The Morgan fingerprint density at radius 1 is 1.50 bits per heavy atom. The molecule has 0 bridgehead atoms. The van der Waals surface area contributed by atoms with Crippen LogP contribution in [0, 0.1) is 11.8 Å². The molecule has 2 rings (SSSR count). The molecule has 0 amide bonds. The van der Waals surface area contributed by atoms with Gasteiger partial charge in [-0.15, -0.1) is 0 Å². The van der Waals surface area contributed by atoms with E-state index in [9.17, 15) is 4.79 Å². The normalized spacial score (nSPS) is 38.2. The van der Waals surface area contributed by atoms with Gasteiger partial charge in [-0.05, 0) is 25.2 Å². The predicted molar refractivity (Wildman–Crippen MR) is 39.6 cm³/mol. The molecule has 10 heavy (non-hydrogen) atoms. The lowest BCUT2D eigenvalue weighted by Gasteiger charge is -2.22. The van der Waals surface area contributed by atoms with Gasteiger partial charge < -0.3 is 0 Å². The van der Waals surface area contributed by atoms with Crippen molar-refractivity contribution in [2.45, 2.75) is 25.7 Å². The number of fused-ring (bicyclic) bond motifs is 1. The standard InChI is InChI=1S/C9H12O/c10-9-6-2-4-7-3-1-5-8(7)9/h1,3,7-8H,2,4-6H2/t7-,8-/m1/s1. The second-order valence-electron chi connectivity index (χ2n) is 3.29. The smallest absolute Gasteiger partial charge is 0.136 e. The molecule has 1 nitrogen and oxygen atoms in total. The fraction of sp³-hybridized carbons (Fsp3) is 0.667. The zero-order valence-corrected chi connectivity index (χ0v) is 6.05. The van der Waals surface area contributed by atoms with E-state index < -0.39 is 0 Å². The summed E-state index contributed by atoms with van der Waals surface area (Å²) < 4.78 is 0. The van der Waals surface area contributed by atoms with E-state index >= 15 is 0 Å². The van der Waals surface area contributed by atoms with Crippen LogP contribution >= 0.6 is 0 Å². The van der Waals surface area contributed by atoms with Crippen molar-refractivity contribution in [1.82, 2.24) is 0 Å². The Kier molecular flexibility index (Phi) is 1.37. The number of Topliss-reactive ketones (excluding diaryl/α,β-unsaturated/α-hetero) is 1. The van der Waals surface area contributed by atoms with Gasteiger partial charge in [0.15, 0.2) is 0 Å². The zero-order chi connectivity index (χ0) is 6.97. The third-order valence-corrected chi connectivity index (χ3v) is 2.66. The maximum atomic E-state index is 11.2. The minimum atomic E-state index is 0.383. The Bertz CT molecular complexity index is 181. The lowest BCUT2D eigenvalue weighted by Crippen LogP contribution is -2.23. The molecule has 0 heterocycles. The first-order valence-electron chi connectivity index (χ1n) is 4.07. The third-order valence-electron chi connectivity index (χ3n) is 2.66. The molecule has 0 aromatic rings. The molecule has 1 saturated carbocycles. The minimum absolute atomic E-state index is 0.383. The van der Waals surface area contributed by atoms with Crippen molar-refractivity contribution in [2.24, 2.45) is 11.8 Å². The van der Waals surface area contributed by atoms with Gasteiger partial charge in [0.25, 0.3) is 0 Å². The van der Waals surface area contributed by atoms with Crippen LogP contribution in [0.4, 0.5) is 0 Å². The SMILES string of the molecule is O=C1CCC[C@H]2C=CC[C@@H]12. The van der Waals surface area contributed by atoms with Crippen LogP contribution in [0.25, 0.3) is 0 Å². The Labute approximate surface area is 61.1 Å². The highest BCUT2D eigenvalue weighted by atomic mass is 16.1. The molecule has 0 N–H and O–H groups in total. The average molecular weight is 136 g/mol. The lowest BCUT2D eigenvalue weighted by atomic mass is 9.80. The summed E-state index contributed by atoms with van der Waals surface area (Å²) in [5.74, 6) is 1.50. The average Bonchev–Trinajstić information content (AvgIpc) is 2.36. The molecular formula is C9H12O. The maximum absolute atomic E-state index is 11.2. The summed E-state index contributed by atoms with van der Waals surface area (Å²) in [4.78, 5) is 11.2. The van der Waals surface area contributed by atoms with Crippen molar-refractivity contribution < 1.29 is 4.79 Å². The zero-order valence-electron chi connectivity index (χ0n) is 6.05. The fourth-order valence-corrected chi connectivity index (χ4v) is 2.07. The number of rotatable bonds is 0. The van der Waals surface area contributed by atoms with E-state index in [1.807, 2.05) is 0 Å². The van der Waals surface area contributed by atoms with Crippen molar-refractivity contribution in [1.29, 1.82) is 0 Å². The molecule has 0 spiro atoms. The molecule has 0 aromatic heterocycles. The molecule has 0 saturated heterocycles. The van der Waals surface area contributed by atoms with Crippen LogP contribution in [0.3, 0.4) is 0 Å². The Morgan fingerprint density at radius 3 is 3.20 bits per heavy atom. The van der Waals surface area contributed by atoms with E-state index in [-0.39, 0.29) is 0 Å². The maximum Gasteiger partial charge on any atom is 0.136 e. The molecule has 1 heteroatoms. The van der Waals surface area contributed by atoms with Crippen LogP contribution in [0.1, 0.15) is 25.7 Å². The number of hydrogen-bond acceptors (Lipinski definition) is 1. The molecule has 54 valence electrons. The molecular weight excluding hydrogens is 124 g/mol. The largest absolute Gasteiger partial charge is 0.299 e. The van der Waals surface area contributed by atoms with Crippen LogP contribution in [0.15, 0.2) is 12.2 Å². The van der Waals surface area contributed by atoms with Gasteiger partial charge in [0.05, 0.1) is 0 Å². The Balaban J connectivity index is 2.14. The summed E-state index contributed by atoms with van der Waals surface area (Å²) in [5.41, 5.74) is 0. The van der Waals surface area contributed by atoms with Crippen LogP contribution in [0.2, 0.25) is 0 Å². The molecule has 0 radical (unpaired) electrons. The number of carbonyl (C=O) groups excluding carboxylic acids is 1. The molecule has 2 aliphatic carbocycles. The van der Waals surface area contributed by atoms with E-state index in [0.717, 1.165) is 19.3 Å². The van der Waals surface area contributed by atoms with Crippen molar-refractivity contribution in [3.63, 3.8) is 0 Å². The highest BCUT2D eigenvalue weighted by Crippen LogP contribution is 2.35. The number of allylic oxidation sites excluding steroid dienone is 2. The van der Waals surface area contributed by atoms with Gasteiger partial charge in [-0.2, -0.15) is 0 Å². The van der Waals surface area contributed by atoms with Crippen LogP contribution < -0.4 is 0 Å². The summed E-state index contributed by atoms with van der Waals surface area (Å²) >= 11 is 0. The molecule has 0 unspecified atom stereocenters. The first-order chi connectivity index (χ1) is 4.88. The highest BCUT2D eigenvalue weighted by molar-refractivity contribution is 5.82. The van der Waals surface area contributed by atoms with Crippen molar-refractivity contribution in [2.75, 3.05) is 0 Å². The molecule has 1 fully saturated rings. The second-order valence-corrected chi connectivity index (χ2v) is 3.29. The minimum Gasteiger partial charge on any atom is -0.299 e. The topological polar surface area (TPSA) is 17.1 Å². The highest BCUT2D eigenvalue weighted by Gasteiger charge is 2.31. The van der Waals surface area contributed by atoms with Gasteiger partial charge in [0, 0.05) is 12.3 Å². The quantitative estimate of drug-likeness (QED) is 0.465. The Morgan fingerprint density at radius 2 is 2.40 bits per heavy atom. The number of ketones is 1. The first kappa shape index (κ1) is 6.14. The van der Waals surface area contributed by atoms with Gasteiger partial charge in [0.2, 0.25) is 0 Å². The van der Waals surface area contributed by atoms with Gasteiger partial charge in [-0.3, -0.25) is 4.79 Å². The van der Waals surface area contributed by atoms with Gasteiger partial charge in [-0.25, -0.2) is 0 Å². The molecule has 2 aliphatic rings. The molecule has 0 aliphatic heterocycles. The van der Waals surface area contributed by atoms with Crippen molar-refractivity contribution in [3.8, 4) is 0 Å². The van der Waals surface area contributed by atoms with E-state index in [4.69, 9.17) is 0 Å². The second kappa shape index (κ2) is 2.22. The van der Waals surface area contributed by atoms with Crippen molar-refractivity contribution >= 4 is 5.78 Å². The Hall–Kier alpha value is -0.590. The van der Waals surface area contributed by atoms with Crippen LogP contribution in [0.5, 0.6) is 0 Å². The number of hydrogen-bond donors (Lipinski definition) is 0. The van der Waals surface area contributed by atoms with Gasteiger partial charge in [0.1, 0.15) is 5.78 Å². The molecule has 0 aromatic carbocycles. The van der Waals surface area contributed by atoms with E-state index in [2.05, 4.69) is 12.2 Å². The van der Waals surface area contributed by atoms with Crippen molar-refractivity contribution in [3.05, 3.63) is 12.2 Å². The van der Waals surface area contributed by atoms with Gasteiger partial charge in [-0.1, -0.05) is 12.2 Å². The monoisotopic (exact) mass is 136 g/mol. The van der Waals surface area contributed by atoms with E-state index in [1.54, 1.807) is 0 Å². The third kappa shape index (κ3) is 0.808. The van der Waals surface area contributed by atoms with Crippen LogP contribution in [-0.4, -0.2) is 5.78 Å². The van der Waals surface area contributed by atoms with Gasteiger partial charge >= 0.3 is 0 Å².